The van der Waals surface area contributed by atoms with Gasteiger partial charge in [0.15, 0.2) is 11.2 Å². The van der Waals surface area contributed by atoms with Crippen LogP contribution in [0.3, 0.4) is 0 Å². The van der Waals surface area contributed by atoms with Crippen molar-refractivity contribution in [2.45, 2.75) is 26.4 Å². The van der Waals surface area contributed by atoms with Crippen molar-refractivity contribution in [3.05, 3.63) is 68.1 Å². The molecule has 4 aromatic rings. The number of fused-ring (bicyclic) bond motifs is 4. The second-order valence-electron chi connectivity index (χ2n) is 7.88. The Kier molecular flexibility index (Phi) is 3.99. The highest BCUT2D eigenvalue weighted by Gasteiger charge is 2.20. The molecule has 0 aliphatic carbocycles. The minimum atomic E-state index is -0.362. The van der Waals surface area contributed by atoms with Gasteiger partial charge in [0, 0.05) is 52.2 Å². The third-order valence-electron chi connectivity index (χ3n) is 6.11. The van der Waals surface area contributed by atoms with E-state index in [1.165, 1.54) is 22.7 Å². The lowest BCUT2D eigenvalue weighted by atomic mass is 10.00. The Morgan fingerprint density at radius 3 is 2.59 bits per heavy atom. The lowest BCUT2D eigenvalue weighted by molar-refractivity contribution is 0.244. The summed E-state index contributed by atoms with van der Waals surface area (Å²) in [5.41, 5.74) is 4.08. The average Bonchev–Trinajstić information content (AvgIpc) is 3.24. The molecule has 150 valence electrons. The largest absolute Gasteiger partial charge is 0.332 e. The Labute approximate surface area is 167 Å². The second-order valence-corrected chi connectivity index (χ2v) is 7.88. The van der Waals surface area contributed by atoms with E-state index in [1.807, 2.05) is 17.5 Å². The number of hydrogen-bond acceptors (Lipinski definition) is 4. The highest BCUT2D eigenvalue weighted by atomic mass is 16.2. The van der Waals surface area contributed by atoms with E-state index < -0.39 is 0 Å². The first-order valence-corrected chi connectivity index (χ1v) is 9.88. The quantitative estimate of drug-likeness (QED) is 0.523. The normalized spacial score (nSPS) is 14.7. The van der Waals surface area contributed by atoms with E-state index in [1.54, 1.807) is 7.05 Å². The highest BCUT2D eigenvalue weighted by Crippen LogP contribution is 2.20. The molecule has 0 saturated carbocycles. The molecule has 3 aromatic heterocycles. The van der Waals surface area contributed by atoms with E-state index in [9.17, 15) is 9.59 Å². The van der Waals surface area contributed by atoms with Gasteiger partial charge in [-0.1, -0.05) is 24.3 Å². The molecule has 4 heterocycles. The van der Waals surface area contributed by atoms with Crippen molar-refractivity contribution in [2.75, 3.05) is 13.1 Å². The summed E-state index contributed by atoms with van der Waals surface area (Å²) in [4.78, 5) is 32.0. The van der Waals surface area contributed by atoms with E-state index in [0.717, 1.165) is 42.9 Å². The Hall–Kier alpha value is -3.13. The van der Waals surface area contributed by atoms with Crippen LogP contribution in [-0.2, 0) is 33.6 Å². The number of imidazole rings is 2. The average molecular weight is 392 g/mol. The lowest BCUT2D eigenvalue weighted by Gasteiger charge is -2.28. The van der Waals surface area contributed by atoms with Gasteiger partial charge in [0.1, 0.15) is 0 Å². The lowest BCUT2D eigenvalue weighted by Crippen LogP contribution is -2.37. The molecule has 8 heteroatoms. The highest BCUT2D eigenvalue weighted by molar-refractivity contribution is 5.75. The van der Waals surface area contributed by atoms with Crippen molar-refractivity contribution in [1.82, 2.24) is 28.0 Å². The molecule has 0 saturated heterocycles. The van der Waals surface area contributed by atoms with Crippen molar-refractivity contribution >= 4 is 16.9 Å². The molecule has 0 amide bonds. The number of aryl methyl sites for hydroxylation is 2. The van der Waals surface area contributed by atoms with E-state index in [4.69, 9.17) is 0 Å². The van der Waals surface area contributed by atoms with Gasteiger partial charge in [0.2, 0.25) is 5.78 Å². The Balaban J connectivity index is 1.50. The predicted molar refractivity (Wildman–Crippen MR) is 111 cm³/mol. The molecule has 0 unspecified atom stereocenters. The second kappa shape index (κ2) is 6.45. The van der Waals surface area contributed by atoms with E-state index in [-0.39, 0.29) is 11.2 Å². The smallest absolute Gasteiger partial charge is 0.313 e. The first kappa shape index (κ1) is 17.9. The van der Waals surface area contributed by atoms with Gasteiger partial charge < -0.3 is 4.57 Å². The maximum absolute atomic E-state index is 12.7. The Morgan fingerprint density at radius 2 is 1.79 bits per heavy atom. The van der Waals surface area contributed by atoms with Crippen molar-refractivity contribution in [1.29, 1.82) is 0 Å². The Morgan fingerprint density at radius 1 is 1.03 bits per heavy atom. The summed E-state index contributed by atoms with van der Waals surface area (Å²) in [6, 6.07) is 8.63. The van der Waals surface area contributed by atoms with Crippen molar-refractivity contribution in [3.63, 3.8) is 0 Å². The van der Waals surface area contributed by atoms with Crippen LogP contribution in [-0.4, -0.2) is 41.1 Å². The summed E-state index contributed by atoms with van der Waals surface area (Å²) in [5.74, 6) is 0.702. The molecule has 0 bridgehead atoms. The molecule has 1 aromatic carbocycles. The van der Waals surface area contributed by atoms with Crippen molar-refractivity contribution in [2.24, 2.45) is 14.1 Å². The molecule has 5 rings (SSSR count). The summed E-state index contributed by atoms with van der Waals surface area (Å²) >= 11 is 0. The molecule has 0 radical (unpaired) electrons. The molecule has 29 heavy (non-hydrogen) atoms. The maximum atomic E-state index is 12.7. The molecule has 0 atom stereocenters. The van der Waals surface area contributed by atoms with Gasteiger partial charge in [0.25, 0.3) is 5.56 Å². The zero-order valence-electron chi connectivity index (χ0n) is 16.9. The molecule has 0 N–H and O–H groups in total. The van der Waals surface area contributed by atoms with Crippen LogP contribution in [0.4, 0.5) is 0 Å². The zero-order valence-corrected chi connectivity index (χ0v) is 16.9. The molecule has 8 nitrogen and oxygen atoms in total. The van der Waals surface area contributed by atoms with Crippen LogP contribution in [0.5, 0.6) is 0 Å². The third-order valence-corrected chi connectivity index (χ3v) is 6.11. The molecular formula is C21H24N6O2. The first-order valence-electron chi connectivity index (χ1n) is 9.88. The van der Waals surface area contributed by atoms with Crippen LogP contribution in [0.25, 0.3) is 16.9 Å². The van der Waals surface area contributed by atoms with Gasteiger partial charge in [-0.15, -0.1) is 0 Å². The molecule has 1 aliphatic heterocycles. The fourth-order valence-electron chi connectivity index (χ4n) is 4.39. The fraction of sp³-hybridized carbons (Fsp3) is 0.381. The minimum absolute atomic E-state index is 0.319. The van der Waals surface area contributed by atoms with Crippen LogP contribution in [0.1, 0.15) is 16.8 Å². The van der Waals surface area contributed by atoms with Crippen LogP contribution in [0.15, 0.2) is 40.1 Å². The fourth-order valence-corrected chi connectivity index (χ4v) is 4.39. The molecule has 0 spiro atoms. The summed E-state index contributed by atoms with van der Waals surface area (Å²) in [5, 5.41) is 0. The van der Waals surface area contributed by atoms with Gasteiger partial charge in [-0.2, -0.15) is 4.98 Å². The molecular weight excluding hydrogens is 368 g/mol. The van der Waals surface area contributed by atoms with Gasteiger partial charge in [-0.25, -0.2) is 4.79 Å². The number of benzene rings is 1. The number of aromatic nitrogens is 5. The van der Waals surface area contributed by atoms with Crippen LogP contribution in [0, 0.1) is 6.92 Å². The van der Waals surface area contributed by atoms with E-state index in [2.05, 4.69) is 38.7 Å². The Bertz CT molecular complexity index is 1370. The van der Waals surface area contributed by atoms with Gasteiger partial charge >= 0.3 is 5.69 Å². The monoisotopic (exact) mass is 392 g/mol. The number of nitrogens with zero attached hydrogens (tertiary/aromatic N) is 6. The van der Waals surface area contributed by atoms with Crippen LogP contribution >= 0.6 is 0 Å². The zero-order chi connectivity index (χ0) is 20.3. The van der Waals surface area contributed by atoms with Crippen LogP contribution < -0.4 is 11.2 Å². The van der Waals surface area contributed by atoms with Crippen molar-refractivity contribution < 1.29 is 0 Å². The first-order chi connectivity index (χ1) is 14.0. The van der Waals surface area contributed by atoms with Gasteiger partial charge in [-0.05, 0) is 24.5 Å². The summed E-state index contributed by atoms with van der Waals surface area (Å²) in [6.45, 7) is 5.71. The number of hydrogen-bond donors (Lipinski definition) is 0. The third kappa shape index (κ3) is 2.66. The minimum Gasteiger partial charge on any atom is -0.313 e. The van der Waals surface area contributed by atoms with Gasteiger partial charge in [-0.3, -0.25) is 23.2 Å². The van der Waals surface area contributed by atoms with E-state index in [0.29, 0.717) is 16.9 Å². The summed E-state index contributed by atoms with van der Waals surface area (Å²) in [7, 11) is 3.15. The van der Waals surface area contributed by atoms with Crippen molar-refractivity contribution in [3.8, 4) is 0 Å². The van der Waals surface area contributed by atoms with Crippen LogP contribution in [0.2, 0.25) is 0 Å². The summed E-state index contributed by atoms with van der Waals surface area (Å²) < 4.78 is 6.52. The molecule has 0 fully saturated rings. The topological polar surface area (TPSA) is 69.5 Å². The SMILES string of the molecule is Cc1cn2c3c(=O)n(C)c(=O)n(C)c3nc2n1CCN1CCc2ccccc2C1. The van der Waals surface area contributed by atoms with Gasteiger partial charge in [0.05, 0.1) is 0 Å². The van der Waals surface area contributed by atoms with E-state index >= 15 is 0 Å². The number of rotatable bonds is 3. The predicted octanol–water partition coefficient (Wildman–Crippen LogP) is 1.05. The molecule has 1 aliphatic rings. The summed E-state index contributed by atoms with van der Waals surface area (Å²) in [6.07, 6.45) is 3.00. The standard InChI is InChI=1S/C21H24N6O2/c1-14-12-27-17-18(23(2)21(29)24(3)19(17)28)22-20(27)26(14)11-10-25-9-8-15-6-4-5-7-16(15)13-25/h4-7,12H,8-11,13H2,1-3H3. The maximum Gasteiger partial charge on any atom is 0.332 e.